The van der Waals surface area contributed by atoms with Gasteiger partial charge in [-0.3, -0.25) is 14.9 Å². The van der Waals surface area contributed by atoms with Gasteiger partial charge in [0.05, 0.1) is 0 Å². The van der Waals surface area contributed by atoms with E-state index in [0.29, 0.717) is 12.8 Å². The van der Waals surface area contributed by atoms with Crippen LogP contribution in [-0.4, -0.2) is 11.8 Å². The van der Waals surface area contributed by atoms with Crippen LogP contribution in [0.25, 0.3) is 0 Å². The smallest absolute Gasteiger partial charge is 0.226 e. The number of amides is 2. The van der Waals surface area contributed by atoms with E-state index in [0.717, 1.165) is 12.8 Å². The second-order valence-corrected chi connectivity index (χ2v) is 4.14. The van der Waals surface area contributed by atoms with E-state index in [4.69, 9.17) is 0 Å². The first-order valence-corrected chi connectivity index (χ1v) is 4.32. The van der Waals surface area contributed by atoms with E-state index in [-0.39, 0.29) is 42.0 Å². The van der Waals surface area contributed by atoms with E-state index in [1.54, 1.807) is 0 Å². The van der Waals surface area contributed by atoms with Crippen LogP contribution in [0.1, 0.15) is 39.5 Å². The van der Waals surface area contributed by atoms with Crippen molar-refractivity contribution in [3.63, 3.8) is 0 Å². The van der Waals surface area contributed by atoms with Crippen LogP contribution in [0.2, 0.25) is 0 Å². The summed E-state index contributed by atoms with van der Waals surface area (Å²) in [6.07, 6.45) is 2.68. The molecule has 84 valence electrons. The van der Waals surface area contributed by atoms with Crippen molar-refractivity contribution >= 4 is 36.6 Å². The fraction of sp³-hybridized carbons (Fsp3) is 0.778. The number of carbonyl (C=O) groups excluding carboxylic acids is 2. The molecule has 1 aliphatic rings. The van der Waals surface area contributed by atoms with Gasteiger partial charge < -0.3 is 0 Å². The first kappa shape index (κ1) is 16.2. The SMILES string of the molecule is CC1(C)CCC(=O)NC(=O)CC1.Cl.Cl. The van der Waals surface area contributed by atoms with Gasteiger partial charge in [-0.1, -0.05) is 13.8 Å². The van der Waals surface area contributed by atoms with Crippen molar-refractivity contribution in [3.8, 4) is 0 Å². The molecule has 0 spiro atoms. The molecule has 1 rings (SSSR count). The lowest BCUT2D eigenvalue weighted by molar-refractivity contribution is -0.132. The minimum absolute atomic E-state index is 0. The fourth-order valence-corrected chi connectivity index (χ4v) is 1.31. The van der Waals surface area contributed by atoms with Crippen LogP contribution in [0.5, 0.6) is 0 Å². The van der Waals surface area contributed by atoms with Crippen LogP contribution in [0.4, 0.5) is 0 Å². The Morgan fingerprint density at radius 1 is 1.00 bits per heavy atom. The molecule has 5 heteroatoms. The Morgan fingerprint density at radius 3 is 1.71 bits per heavy atom. The molecule has 1 fully saturated rings. The number of halogens is 2. The molecule has 0 unspecified atom stereocenters. The second kappa shape index (κ2) is 6.25. The quantitative estimate of drug-likeness (QED) is 0.661. The van der Waals surface area contributed by atoms with Gasteiger partial charge in [0.15, 0.2) is 0 Å². The molecule has 1 heterocycles. The molecule has 0 atom stereocenters. The molecular weight excluding hydrogens is 225 g/mol. The Kier molecular flexibility index (Phi) is 7.21. The number of rotatable bonds is 0. The van der Waals surface area contributed by atoms with Crippen molar-refractivity contribution in [2.24, 2.45) is 5.41 Å². The maximum Gasteiger partial charge on any atom is 0.226 e. The maximum absolute atomic E-state index is 11.0. The van der Waals surface area contributed by atoms with Crippen LogP contribution in [0, 0.1) is 5.41 Å². The molecule has 0 bridgehead atoms. The Bertz CT molecular complexity index is 197. The summed E-state index contributed by atoms with van der Waals surface area (Å²) >= 11 is 0. The standard InChI is InChI=1S/C9H15NO2.2ClH/c1-9(2)5-3-7(11)10-8(12)4-6-9;;/h3-6H2,1-2H3,(H,10,11,12);2*1H. The van der Waals surface area contributed by atoms with Crippen molar-refractivity contribution in [1.82, 2.24) is 5.32 Å². The van der Waals surface area contributed by atoms with Crippen molar-refractivity contribution in [2.45, 2.75) is 39.5 Å². The molecule has 3 nitrogen and oxygen atoms in total. The lowest BCUT2D eigenvalue weighted by Crippen LogP contribution is -2.34. The fourth-order valence-electron chi connectivity index (χ4n) is 1.31. The van der Waals surface area contributed by atoms with Crippen LogP contribution in [0.3, 0.4) is 0 Å². The van der Waals surface area contributed by atoms with Gasteiger partial charge in [0.25, 0.3) is 0 Å². The first-order valence-electron chi connectivity index (χ1n) is 4.32. The zero-order valence-electron chi connectivity index (χ0n) is 8.46. The highest BCUT2D eigenvalue weighted by Gasteiger charge is 2.23. The summed E-state index contributed by atoms with van der Waals surface area (Å²) in [4.78, 5) is 22.0. The van der Waals surface area contributed by atoms with Gasteiger partial charge in [0, 0.05) is 12.8 Å². The van der Waals surface area contributed by atoms with Crippen molar-refractivity contribution < 1.29 is 9.59 Å². The van der Waals surface area contributed by atoms with Gasteiger partial charge in [-0.2, -0.15) is 0 Å². The summed E-state index contributed by atoms with van der Waals surface area (Å²) in [5, 5.41) is 2.34. The van der Waals surface area contributed by atoms with Crippen LogP contribution < -0.4 is 5.32 Å². The van der Waals surface area contributed by atoms with Gasteiger partial charge in [-0.25, -0.2) is 0 Å². The highest BCUT2D eigenvalue weighted by Crippen LogP contribution is 2.29. The molecule has 2 amide bonds. The summed E-state index contributed by atoms with van der Waals surface area (Å²) in [7, 11) is 0. The van der Waals surface area contributed by atoms with Crippen LogP contribution in [-0.2, 0) is 9.59 Å². The van der Waals surface area contributed by atoms with E-state index in [1.807, 2.05) is 0 Å². The van der Waals surface area contributed by atoms with E-state index in [9.17, 15) is 9.59 Å². The zero-order valence-corrected chi connectivity index (χ0v) is 10.1. The number of imide groups is 1. The molecular formula is C9H17Cl2NO2. The third-order valence-corrected chi connectivity index (χ3v) is 2.34. The van der Waals surface area contributed by atoms with E-state index in [1.165, 1.54) is 0 Å². The normalized spacial score (nSPS) is 20.7. The number of carbonyl (C=O) groups is 2. The van der Waals surface area contributed by atoms with Gasteiger partial charge >= 0.3 is 0 Å². The van der Waals surface area contributed by atoms with Crippen LogP contribution >= 0.6 is 24.8 Å². The molecule has 1 aliphatic heterocycles. The molecule has 1 saturated heterocycles. The molecule has 0 aromatic carbocycles. The monoisotopic (exact) mass is 241 g/mol. The second-order valence-electron chi connectivity index (χ2n) is 4.14. The summed E-state index contributed by atoms with van der Waals surface area (Å²) in [6.45, 7) is 4.19. The Labute approximate surface area is 96.8 Å². The Balaban J connectivity index is 0. The van der Waals surface area contributed by atoms with Crippen LogP contribution in [0.15, 0.2) is 0 Å². The van der Waals surface area contributed by atoms with Gasteiger partial charge in [-0.05, 0) is 18.3 Å². The first-order chi connectivity index (χ1) is 5.49. The molecule has 14 heavy (non-hydrogen) atoms. The maximum atomic E-state index is 11.0. The Morgan fingerprint density at radius 2 is 1.36 bits per heavy atom. The molecule has 0 aromatic heterocycles. The molecule has 0 saturated carbocycles. The van der Waals surface area contributed by atoms with E-state index >= 15 is 0 Å². The predicted octanol–water partition coefficient (Wildman–Crippen LogP) is 2.07. The third-order valence-electron chi connectivity index (χ3n) is 2.34. The van der Waals surface area contributed by atoms with Gasteiger partial charge in [0.1, 0.15) is 0 Å². The lowest BCUT2D eigenvalue weighted by atomic mass is 9.82. The minimum atomic E-state index is -0.132. The number of hydrogen-bond acceptors (Lipinski definition) is 2. The summed E-state index contributed by atoms with van der Waals surface area (Å²) in [6, 6.07) is 0. The lowest BCUT2D eigenvalue weighted by Gasteiger charge is -2.25. The Hall–Kier alpha value is -0.280. The zero-order chi connectivity index (χ0) is 9.19. The van der Waals surface area contributed by atoms with Crippen molar-refractivity contribution in [3.05, 3.63) is 0 Å². The number of nitrogens with one attached hydrogen (secondary N) is 1. The number of hydrogen-bond donors (Lipinski definition) is 1. The average molecular weight is 242 g/mol. The highest BCUT2D eigenvalue weighted by atomic mass is 35.5. The highest BCUT2D eigenvalue weighted by molar-refractivity contribution is 5.95. The third kappa shape index (κ3) is 5.45. The average Bonchev–Trinajstić information content (AvgIpc) is 1.96. The molecule has 1 N–H and O–H groups in total. The van der Waals surface area contributed by atoms with Gasteiger partial charge in [0.2, 0.25) is 11.8 Å². The van der Waals surface area contributed by atoms with Crippen molar-refractivity contribution in [1.29, 1.82) is 0 Å². The van der Waals surface area contributed by atoms with E-state index < -0.39 is 0 Å². The summed E-state index contributed by atoms with van der Waals surface area (Å²) < 4.78 is 0. The summed E-state index contributed by atoms with van der Waals surface area (Å²) in [5.74, 6) is -0.263. The largest absolute Gasteiger partial charge is 0.296 e. The van der Waals surface area contributed by atoms with Gasteiger partial charge in [-0.15, -0.1) is 24.8 Å². The van der Waals surface area contributed by atoms with Crippen molar-refractivity contribution in [2.75, 3.05) is 0 Å². The molecule has 0 aromatic rings. The van der Waals surface area contributed by atoms with E-state index in [2.05, 4.69) is 19.2 Å². The topological polar surface area (TPSA) is 46.2 Å². The minimum Gasteiger partial charge on any atom is -0.296 e. The molecule has 0 radical (unpaired) electrons. The molecule has 0 aliphatic carbocycles. The summed E-state index contributed by atoms with van der Waals surface area (Å²) in [5.41, 5.74) is 0.132. The predicted molar refractivity (Wildman–Crippen MR) is 59.9 cm³/mol.